The summed E-state index contributed by atoms with van der Waals surface area (Å²) in [6, 6.07) is 14.8. The number of nitrogens with zero attached hydrogens (tertiary/aromatic N) is 3. The van der Waals surface area contributed by atoms with E-state index in [1.165, 1.54) is 4.90 Å². The van der Waals surface area contributed by atoms with Gasteiger partial charge in [0.1, 0.15) is 16.7 Å². The summed E-state index contributed by atoms with van der Waals surface area (Å²) in [4.78, 5) is 46.1. The van der Waals surface area contributed by atoms with E-state index in [0.717, 1.165) is 35.3 Å². The number of aromatic nitrogens is 2. The van der Waals surface area contributed by atoms with Gasteiger partial charge in [0.2, 0.25) is 5.91 Å². The summed E-state index contributed by atoms with van der Waals surface area (Å²) in [6.07, 6.45) is 3.32. The summed E-state index contributed by atoms with van der Waals surface area (Å²) in [5.41, 5.74) is 12.9. The maximum Gasteiger partial charge on any atom is 0.273 e. The summed E-state index contributed by atoms with van der Waals surface area (Å²) in [5.74, 6) is -1.53. The van der Waals surface area contributed by atoms with E-state index in [1.807, 2.05) is 19.1 Å². The Morgan fingerprint density at radius 2 is 2.02 bits per heavy atom. The van der Waals surface area contributed by atoms with Crippen molar-refractivity contribution in [2.45, 2.75) is 31.9 Å². The summed E-state index contributed by atoms with van der Waals surface area (Å²) in [6.45, 7) is 3.07. The third-order valence-corrected chi connectivity index (χ3v) is 7.63. The monoisotopic (exact) mass is 574 g/mol. The van der Waals surface area contributed by atoms with Crippen molar-refractivity contribution in [3.8, 4) is 5.75 Å². The number of fused-ring (bicyclic) bond motifs is 1. The van der Waals surface area contributed by atoms with Crippen molar-refractivity contribution in [3.05, 3.63) is 76.9 Å². The maximum atomic E-state index is 14.4. The molecule has 1 aliphatic rings. The Bertz CT molecular complexity index is 1580. The molecule has 5 N–H and O–H groups in total. The quantitative estimate of drug-likeness (QED) is 0.259. The molecular weight excluding hydrogens is 544 g/mol. The van der Waals surface area contributed by atoms with Crippen LogP contribution in [0.4, 0.5) is 11.4 Å². The molecule has 2 aromatic heterocycles. The number of nitrogen functional groups attached to an aromatic ring is 1. The molecule has 4 aromatic rings. The highest BCUT2D eigenvalue weighted by Gasteiger charge is 2.37. The van der Waals surface area contributed by atoms with Crippen LogP contribution in [0.25, 0.3) is 10.9 Å². The van der Waals surface area contributed by atoms with Crippen LogP contribution < -0.4 is 26.4 Å². The van der Waals surface area contributed by atoms with Gasteiger partial charge >= 0.3 is 0 Å². The van der Waals surface area contributed by atoms with Crippen LogP contribution in [-0.4, -0.2) is 52.9 Å². The number of anilines is 2. The first kappa shape index (κ1) is 28.0. The lowest BCUT2D eigenvalue weighted by molar-refractivity contribution is -0.123. The van der Waals surface area contributed by atoms with Gasteiger partial charge in [-0.1, -0.05) is 24.3 Å². The van der Waals surface area contributed by atoms with Gasteiger partial charge in [-0.2, -0.15) is 4.37 Å². The van der Waals surface area contributed by atoms with Crippen molar-refractivity contribution < 1.29 is 23.9 Å². The van der Waals surface area contributed by atoms with Gasteiger partial charge in [-0.15, -0.1) is 0 Å². The summed E-state index contributed by atoms with van der Waals surface area (Å²) in [5, 5.41) is 3.78. The van der Waals surface area contributed by atoms with E-state index in [0.29, 0.717) is 30.2 Å². The molecule has 2 atom stereocenters. The Balaban J connectivity index is 1.67. The van der Waals surface area contributed by atoms with Gasteiger partial charge in [0.05, 0.1) is 29.6 Å². The second-order valence-electron chi connectivity index (χ2n) is 9.45. The van der Waals surface area contributed by atoms with E-state index in [2.05, 4.69) is 14.7 Å². The van der Waals surface area contributed by atoms with Crippen molar-refractivity contribution in [1.82, 2.24) is 14.7 Å². The topological polar surface area (TPSA) is 163 Å². The largest absolute Gasteiger partial charge is 0.492 e. The van der Waals surface area contributed by atoms with Crippen LogP contribution in [0.3, 0.4) is 0 Å². The average molecular weight is 575 g/mol. The van der Waals surface area contributed by atoms with Crippen LogP contribution in [0.2, 0.25) is 0 Å². The summed E-state index contributed by atoms with van der Waals surface area (Å²) < 4.78 is 15.6. The lowest BCUT2D eigenvalue weighted by Crippen LogP contribution is -2.45. The number of carbonyl (C=O) groups is 3. The smallest absolute Gasteiger partial charge is 0.273 e. The number of ether oxygens (including phenoxy) is 2. The van der Waals surface area contributed by atoms with Crippen LogP contribution in [-0.2, 0) is 9.53 Å². The lowest BCUT2D eigenvalue weighted by atomic mass is 10.00. The molecular formula is C29H30N6O5S. The minimum absolute atomic E-state index is 0.0236. The van der Waals surface area contributed by atoms with Crippen LogP contribution in [0.15, 0.2) is 60.8 Å². The predicted molar refractivity (Wildman–Crippen MR) is 156 cm³/mol. The van der Waals surface area contributed by atoms with E-state index in [-0.39, 0.29) is 28.9 Å². The first-order valence-electron chi connectivity index (χ1n) is 13.2. The van der Waals surface area contributed by atoms with Gasteiger partial charge in [-0.05, 0) is 67.2 Å². The first-order chi connectivity index (χ1) is 19.9. The highest BCUT2D eigenvalue weighted by atomic mass is 32.1. The van der Waals surface area contributed by atoms with Gasteiger partial charge in [0.25, 0.3) is 11.8 Å². The number of nitrogens with two attached hydrogens (primary N) is 2. The molecule has 212 valence electrons. The number of benzene rings is 2. The molecule has 1 saturated heterocycles. The second-order valence-corrected chi connectivity index (χ2v) is 10.2. The third kappa shape index (κ3) is 5.83. The highest BCUT2D eigenvalue weighted by molar-refractivity contribution is 7.09. The van der Waals surface area contributed by atoms with Gasteiger partial charge in [0.15, 0.2) is 5.69 Å². The number of pyridine rings is 1. The molecule has 3 amide bonds. The molecule has 0 bridgehead atoms. The Labute approximate surface area is 240 Å². The molecule has 0 radical (unpaired) electrons. The van der Waals surface area contributed by atoms with Crippen molar-refractivity contribution in [3.63, 3.8) is 0 Å². The average Bonchev–Trinajstić information content (AvgIpc) is 3.64. The van der Waals surface area contributed by atoms with Crippen molar-refractivity contribution in [1.29, 1.82) is 0 Å². The number of amides is 3. The summed E-state index contributed by atoms with van der Waals surface area (Å²) in [7, 11) is 0. The van der Waals surface area contributed by atoms with Crippen molar-refractivity contribution >= 4 is 51.5 Å². The zero-order valence-electron chi connectivity index (χ0n) is 22.4. The molecule has 12 heteroatoms. The lowest BCUT2D eigenvalue weighted by Gasteiger charge is -2.32. The van der Waals surface area contributed by atoms with Gasteiger partial charge in [-0.3, -0.25) is 24.3 Å². The molecule has 2 aromatic carbocycles. The van der Waals surface area contributed by atoms with Crippen LogP contribution in [0.1, 0.15) is 51.5 Å². The fourth-order valence-corrected chi connectivity index (χ4v) is 5.58. The molecule has 0 saturated carbocycles. The standard InChI is InChI=1S/C29H30N6O5S/c1-2-39-22-10-4-3-9-21(22)35(29(38)26-23(30)24(27(31)36)34-41-26)25(28(37)33-16-19-8-6-14-40-19)18-11-12-20-17(15-18)7-5-13-32-20/h3-5,7,9-13,15,19,25H,2,6,8,14,16,30H2,1H3,(H2,31,36)(H,33,37)/t19-,25+/m0/s1. The van der Waals surface area contributed by atoms with Gasteiger partial charge in [0, 0.05) is 24.7 Å². The van der Waals surface area contributed by atoms with E-state index >= 15 is 0 Å². The van der Waals surface area contributed by atoms with Gasteiger partial charge < -0.3 is 26.3 Å². The Kier molecular flexibility index (Phi) is 8.41. The number of carbonyl (C=O) groups excluding carboxylic acids is 3. The zero-order valence-corrected chi connectivity index (χ0v) is 23.2. The molecule has 5 rings (SSSR count). The minimum Gasteiger partial charge on any atom is -0.492 e. The predicted octanol–water partition coefficient (Wildman–Crippen LogP) is 3.45. The Hall–Kier alpha value is -4.55. The molecule has 1 aliphatic heterocycles. The fraction of sp³-hybridized carbons (Fsp3) is 0.276. The molecule has 41 heavy (non-hydrogen) atoms. The van der Waals surface area contributed by atoms with Crippen LogP contribution in [0, 0.1) is 0 Å². The minimum atomic E-state index is -1.16. The molecule has 11 nitrogen and oxygen atoms in total. The van der Waals surface area contributed by atoms with Gasteiger partial charge in [-0.25, -0.2) is 0 Å². The van der Waals surface area contributed by atoms with E-state index in [4.69, 9.17) is 20.9 Å². The van der Waals surface area contributed by atoms with Crippen molar-refractivity contribution in [2.75, 3.05) is 30.4 Å². The Morgan fingerprint density at radius 3 is 2.76 bits per heavy atom. The normalized spacial score (nSPS) is 15.4. The number of primary amides is 1. The molecule has 0 unspecified atom stereocenters. The van der Waals surface area contributed by atoms with E-state index in [9.17, 15) is 14.4 Å². The zero-order chi connectivity index (χ0) is 28.9. The third-order valence-electron chi connectivity index (χ3n) is 6.78. The van der Waals surface area contributed by atoms with E-state index < -0.39 is 23.8 Å². The molecule has 1 fully saturated rings. The number of para-hydroxylation sites is 2. The SMILES string of the molecule is CCOc1ccccc1N(C(=O)c1snc(C(N)=O)c1N)[C@@H](C(=O)NC[C@@H]1CCCO1)c1ccc2ncccc2c1. The first-order valence-corrected chi connectivity index (χ1v) is 14.0. The number of hydrogen-bond acceptors (Lipinski definition) is 9. The van der Waals surface area contributed by atoms with Crippen LogP contribution >= 0.6 is 11.5 Å². The Morgan fingerprint density at radius 1 is 1.20 bits per heavy atom. The number of nitrogens with one attached hydrogen (secondary N) is 1. The van der Waals surface area contributed by atoms with Crippen molar-refractivity contribution in [2.24, 2.45) is 5.73 Å². The highest BCUT2D eigenvalue weighted by Crippen LogP contribution is 2.38. The van der Waals surface area contributed by atoms with Crippen LogP contribution in [0.5, 0.6) is 5.75 Å². The van der Waals surface area contributed by atoms with E-state index in [1.54, 1.807) is 48.7 Å². The molecule has 3 heterocycles. The fourth-order valence-electron chi connectivity index (χ4n) is 4.84. The maximum absolute atomic E-state index is 14.4. The molecule has 0 spiro atoms. The molecule has 0 aliphatic carbocycles. The number of hydrogen-bond donors (Lipinski definition) is 3. The summed E-state index contributed by atoms with van der Waals surface area (Å²) >= 11 is 0.746. The number of rotatable bonds is 10. The second kappa shape index (κ2) is 12.3.